The molecule has 1 unspecified atom stereocenters. The van der Waals surface area contributed by atoms with Gasteiger partial charge in [0.25, 0.3) is 0 Å². The lowest BCUT2D eigenvalue weighted by Crippen LogP contribution is -2.37. The second-order valence-electron chi connectivity index (χ2n) is 6.40. The van der Waals surface area contributed by atoms with E-state index in [1.165, 1.54) is 0 Å². The van der Waals surface area contributed by atoms with Gasteiger partial charge in [-0.1, -0.05) is 40.5 Å². The highest BCUT2D eigenvalue weighted by molar-refractivity contribution is 4.81. The standard InChI is InChI=1S/C16H32F3NO/c1-5-7-8-15(6-2,12-20-11-14(3)4)9-10-21-13-16(17,18)19/h14,20H,5-13H2,1-4H3. The molecule has 0 aliphatic heterocycles. The molecule has 0 saturated carbocycles. The lowest BCUT2D eigenvalue weighted by molar-refractivity contribution is -0.175. The molecule has 0 radical (unpaired) electrons. The van der Waals surface area contributed by atoms with Crippen LogP contribution in [-0.4, -0.2) is 32.5 Å². The van der Waals surface area contributed by atoms with E-state index in [-0.39, 0.29) is 12.0 Å². The summed E-state index contributed by atoms with van der Waals surface area (Å²) in [6, 6.07) is 0. The minimum atomic E-state index is -4.23. The molecule has 0 aliphatic carbocycles. The van der Waals surface area contributed by atoms with Gasteiger partial charge in [0.2, 0.25) is 0 Å². The third-order valence-electron chi connectivity index (χ3n) is 3.91. The maximum Gasteiger partial charge on any atom is 0.411 e. The summed E-state index contributed by atoms with van der Waals surface area (Å²) in [7, 11) is 0. The number of halogens is 3. The molecular formula is C16H32F3NO. The van der Waals surface area contributed by atoms with Crippen molar-refractivity contribution in [1.82, 2.24) is 5.32 Å². The minimum Gasteiger partial charge on any atom is -0.372 e. The molecule has 0 aliphatic rings. The van der Waals surface area contributed by atoms with Crippen molar-refractivity contribution >= 4 is 0 Å². The largest absolute Gasteiger partial charge is 0.411 e. The smallest absolute Gasteiger partial charge is 0.372 e. The Morgan fingerprint density at radius 2 is 1.76 bits per heavy atom. The Labute approximate surface area is 127 Å². The van der Waals surface area contributed by atoms with Crippen molar-refractivity contribution in [1.29, 1.82) is 0 Å². The molecule has 21 heavy (non-hydrogen) atoms. The molecule has 0 rings (SSSR count). The first kappa shape index (κ1) is 20.7. The van der Waals surface area contributed by atoms with Crippen molar-refractivity contribution in [3.63, 3.8) is 0 Å². The van der Waals surface area contributed by atoms with Crippen molar-refractivity contribution in [2.75, 3.05) is 26.3 Å². The SMILES string of the molecule is CCCCC(CC)(CCOCC(F)(F)F)CNCC(C)C. The Kier molecular flexibility index (Phi) is 10.3. The van der Waals surface area contributed by atoms with Gasteiger partial charge in [-0.25, -0.2) is 0 Å². The summed E-state index contributed by atoms with van der Waals surface area (Å²) in [5.41, 5.74) is 0.0521. The zero-order chi connectivity index (χ0) is 16.4. The van der Waals surface area contributed by atoms with Crippen molar-refractivity contribution in [3.8, 4) is 0 Å². The predicted octanol–water partition coefficient (Wildman–Crippen LogP) is 4.79. The number of rotatable bonds is 12. The molecule has 128 valence electrons. The zero-order valence-corrected chi connectivity index (χ0v) is 14.0. The molecular weight excluding hydrogens is 279 g/mol. The van der Waals surface area contributed by atoms with Crippen LogP contribution in [0.2, 0.25) is 0 Å². The number of hydrogen-bond acceptors (Lipinski definition) is 2. The first-order valence-electron chi connectivity index (χ1n) is 8.10. The summed E-state index contributed by atoms with van der Waals surface area (Å²) >= 11 is 0. The normalized spacial score (nSPS) is 15.4. The van der Waals surface area contributed by atoms with Gasteiger partial charge in [-0.2, -0.15) is 13.2 Å². The van der Waals surface area contributed by atoms with Gasteiger partial charge in [-0.05, 0) is 37.1 Å². The fourth-order valence-corrected chi connectivity index (χ4v) is 2.43. The highest BCUT2D eigenvalue weighted by Crippen LogP contribution is 2.32. The van der Waals surface area contributed by atoms with Gasteiger partial charge in [0.15, 0.2) is 0 Å². The number of nitrogens with one attached hydrogen (secondary N) is 1. The van der Waals surface area contributed by atoms with Crippen LogP contribution < -0.4 is 5.32 Å². The molecule has 0 heterocycles. The molecule has 0 saturated heterocycles. The van der Waals surface area contributed by atoms with Crippen LogP contribution in [0.1, 0.15) is 59.8 Å². The Morgan fingerprint density at radius 3 is 2.24 bits per heavy atom. The van der Waals surface area contributed by atoms with E-state index in [0.717, 1.165) is 38.8 Å². The van der Waals surface area contributed by atoms with Crippen molar-refractivity contribution in [2.45, 2.75) is 66.0 Å². The van der Waals surface area contributed by atoms with Crippen LogP contribution in [0, 0.1) is 11.3 Å². The van der Waals surface area contributed by atoms with E-state index in [1.807, 2.05) is 0 Å². The highest BCUT2D eigenvalue weighted by atomic mass is 19.4. The van der Waals surface area contributed by atoms with Crippen molar-refractivity contribution in [2.24, 2.45) is 11.3 Å². The Hall–Kier alpha value is -0.290. The monoisotopic (exact) mass is 311 g/mol. The molecule has 0 bridgehead atoms. The molecule has 0 aromatic rings. The van der Waals surface area contributed by atoms with E-state index < -0.39 is 12.8 Å². The molecule has 0 amide bonds. The molecule has 0 fully saturated rings. The molecule has 0 spiro atoms. The Bertz CT molecular complexity index is 256. The summed E-state index contributed by atoms with van der Waals surface area (Å²) in [4.78, 5) is 0. The number of ether oxygens (including phenoxy) is 1. The van der Waals surface area contributed by atoms with Gasteiger partial charge >= 0.3 is 6.18 Å². The van der Waals surface area contributed by atoms with Gasteiger partial charge in [0.1, 0.15) is 6.61 Å². The second-order valence-corrected chi connectivity index (χ2v) is 6.40. The van der Waals surface area contributed by atoms with Crippen LogP contribution in [-0.2, 0) is 4.74 Å². The molecule has 1 N–H and O–H groups in total. The summed E-state index contributed by atoms with van der Waals surface area (Å²) in [5, 5.41) is 3.46. The first-order valence-corrected chi connectivity index (χ1v) is 8.10. The fraction of sp³-hybridized carbons (Fsp3) is 1.00. The topological polar surface area (TPSA) is 21.3 Å². The molecule has 0 aromatic heterocycles. The first-order chi connectivity index (χ1) is 9.74. The van der Waals surface area contributed by atoms with Crippen LogP contribution in [0.15, 0.2) is 0 Å². The zero-order valence-electron chi connectivity index (χ0n) is 14.0. The fourth-order valence-electron chi connectivity index (χ4n) is 2.43. The van der Waals surface area contributed by atoms with Crippen LogP contribution in [0.5, 0.6) is 0 Å². The highest BCUT2D eigenvalue weighted by Gasteiger charge is 2.30. The average molecular weight is 311 g/mol. The molecule has 1 atom stereocenters. The van der Waals surface area contributed by atoms with Crippen LogP contribution in [0.4, 0.5) is 13.2 Å². The van der Waals surface area contributed by atoms with E-state index in [4.69, 9.17) is 4.74 Å². The third kappa shape index (κ3) is 11.0. The van der Waals surface area contributed by atoms with Crippen molar-refractivity contribution in [3.05, 3.63) is 0 Å². The third-order valence-corrected chi connectivity index (χ3v) is 3.91. The maximum absolute atomic E-state index is 12.1. The van der Waals surface area contributed by atoms with Gasteiger partial charge in [0.05, 0.1) is 0 Å². The number of alkyl halides is 3. The Balaban J connectivity index is 4.33. The molecule has 5 heteroatoms. The second kappa shape index (κ2) is 10.4. The van der Waals surface area contributed by atoms with Crippen LogP contribution in [0.25, 0.3) is 0 Å². The number of hydrogen-bond donors (Lipinski definition) is 1. The van der Waals surface area contributed by atoms with Gasteiger partial charge in [-0.3, -0.25) is 0 Å². The van der Waals surface area contributed by atoms with E-state index in [1.54, 1.807) is 0 Å². The van der Waals surface area contributed by atoms with Crippen molar-refractivity contribution < 1.29 is 17.9 Å². The van der Waals surface area contributed by atoms with Gasteiger partial charge in [-0.15, -0.1) is 0 Å². The maximum atomic E-state index is 12.1. The van der Waals surface area contributed by atoms with Crippen LogP contribution in [0.3, 0.4) is 0 Å². The van der Waals surface area contributed by atoms with E-state index >= 15 is 0 Å². The molecule has 0 aromatic carbocycles. The Morgan fingerprint density at radius 1 is 1.10 bits per heavy atom. The van der Waals surface area contributed by atoms with Gasteiger partial charge in [0, 0.05) is 13.2 Å². The van der Waals surface area contributed by atoms with E-state index in [0.29, 0.717) is 12.3 Å². The summed E-state index contributed by atoms with van der Waals surface area (Å²) in [6.45, 7) is 9.41. The predicted molar refractivity (Wildman–Crippen MR) is 81.4 cm³/mol. The number of unbranched alkanes of at least 4 members (excludes halogenated alkanes) is 1. The summed E-state index contributed by atoms with van der Waals surface area (Å²) in [6.07, 6.45) is 0.679. The quantitative estimate of drug-likeness (QED) is 0.523. The molecule has 2 nitrogen and oxygen atoms in total. The average Bonchev–Trinajstić information content (AvgIpc) is 2.39. The summed E-state index contributed by atoms with van der Waals surface area (Å²) in [5.74, 6) is 0.576. The lowest BCUT2D eigenvalue weighted by atomic mass is 9.77. The van der Waals surface area contributed by atoms with E-state index in [2.05, 4.69) is 33.0 Å². The lowest BCUT2D eigenvalue weighted by Gasteiger charge is -2.34. The minimum absolute atomic E-state index is 0.0521. The van der Waals surface area contributed by atoms with Gasteiger partial charge < -0.3 is 10.1 Å². The summed E-state index contributed by atoms with van der Waals surface area (Å²) < 4.78 is 41.2. The van der Waals surface area contributed by atoms with E-state index in [9.17, 15) is 13.2 Å². The van der Waals surface area contributed by atoms with Crippen LogP contribution >= 0.6 is 0 Å².